The maximum absolute atomic E-state index is 12.3. The molecule has 2 atom stereocenters. The number of amides is 1. The van der Waals surface area contributed by atoms with E-state index in [4.69, 9.17) is 16.3 Å². The molecular formula is C22H27Cl2N3O2. The molecule has 2 aromatic rings. The van der Waals surface area contributed by atoms with Gasteiger partial charge < -0.3 is 19.9 Å². The van der Waals surface area contributed by atoms with E-state index in [0.717, 1.165) is 54.7 Å². The van der Waals surface area contributed by atoms with Gasteiger partial charge in [-0.1, -0.05) is 11.6 Å². The van der Waals surface area contributed by atoms with Gasteiger partial charge in [0.1, 0.15) is 0 Å². The van der Waals surface area contributed by atoms with Crippen molar-refractivity contribution in [2.75, 3.05) is 41.4 Å². The van der Waals surface area contributed by atoms with Crippen LogP contribution in [0.1, 0.15) is 31.9 Å². The molecule has 0 bridgehead atoms. The predicted molar refractivity (Wildman–Crippen MR) is 122 cm³/mol. The van der Waals surface area contributed by atoms with Crippen molar-refractivity contribution in [3.8, 4) is 0 Å². The Hall–Kier alpha value is -1.95. The lowest BCUT2D eigenvalue weighted by Gasteiger charge is -2.40. The summed E-state index contributed by atoms with van der Waals surface area (Å²) in [4.78, 5) is 16.6. The molecule has 0 spiro atoms. The number of carbonyl (C=O) groups is 1. The highest BCUT2D eigenvalue weighted by Gasteiger charge is 2.33. The second-order valence-electron chi connectivity index (χ2n) is 7.52. The van der Waals surface area contributed by atoms with Crippen molar-refractivity contribution >= 4 is 47.0 Å². The molecule has 0 saturated carbocycles. The van der Waals surface area contributed by atoms with E-state index in [1.807, 2.05) is 29.2 Å². The molecule has 2 aliphatic heterocycles. The van der Waals surface area contributed by atoms with E-state index in [1.54, 1.807) is 6.92 Å². The number of hydrogen-bond acceptors (Lipinski definition) is 4. The first-order valence-electron chi connectivity index (χ1n) is 9.81. The SMILES string of the molecule is CC(=O)N1c2ccc(N3CCOCC3)cc2C(Nc2ccc(Cl)cc2)CC1C.Cl. The zero-order valence-corrected chi connectivity index (χ0v) is 18.3. The van der Waals surface area contributed by atoms with E-state index in [-0.39, 0.29) is 30.4 Å². The van der Waals surface area contributed by atoms with Crippen molar-refractivity contribution in [3.05, 3.63) is 53.1 Å². The van der Waals surface area contributed by atoms with Crippen molar-refractivity contribution in [3.63, 3.8) is 0 Å². The number of ether oxygens (including phenoxy) is 1. The summed E-state index contributed by atoms with van der Waals surface area (Å²) in [5.41, 5.74) is 4.37. The van der Waals surface area contributed by atoms with Crippen LogP contribution in [0.3, 0.4) is 0 Å². The third-order valence-electron chi connectivity index (χ3n) is 5.56. The molecule has 7 heteroatoms. The lowest BCUT2D eigenvalue weighted by molar-refractivity contribution is -0.117. The molecule has 4 rings (SSSR count). The molecule has 156 valence electrons. The second kappa shape index (κ2) is 9.24. The third-order valence-corrected chi connectivity index (χ3v) is 5.82. The first kappa shape index (κ1) is 21.8. The number of anilines is 3. The van der Waals surface area contributed by atoms with Crippen LogP contribution in [0, 0.1) is 0 Å². The van der Waals surface area contributed by atoms with Gasteiger partial charge >= 0.3 is 0 Å². The van der Waals surface area contributed by atoms with E-state index >= 15 is 0 Å². The standard InChI is InChI=1S/C22H26ClN3O2.ClH/c1-15-13-21(24-18-5-3-17(23)4-6-18)20-14-19(25-9-11-28-12-10-25)7-8-22(20)26(15)16(2)27;/h3-8,14-15,21,24H,9-13H2,1-2H3;1H. The van der Waals surface area contributed by atoms with Gasteiger partial charge in [-0.3, -0.25) is 4.79 Å². The molecule has 0 aliphatic carbocycles. The smallest absolute Gasteiger partial charge is 0.224 e. The van der Waals surface area contributed by atoms with Crippen molar-refractivity contribution in [2.24, 2.45) is 0 Å². The van der Waals surface area contributed by atoms with Gasteiger partial charge in [0, 0.05) is 53.7 Å². The highest BCUT2D eigenvalue weighted by atomic mass is 35.5. The fourth-order valence-corrected chi connectivity index (χ4v) is 4.36. The summed E-state index contributed by atoms with van der Waals surface area (Å²) in [5.74, 6) is 0.0813. The highest BCUT2D eigenvalue weighted by molar-refractivity contribution is 6.30. The number of benzene rings is 2. The lowest BCUT2D eigenvalue weighted by Crippen LogP contribution is -2.43. The summed E-state index contributed by atoms with van der Waals surface area (Å²) < 4.78 is 5.49. The molecule has 5 nitrogen and oxygen atoms in total. The van der Waals surface area contributed by atoms with Gasteiger partial charge in [0.15, 0.2) is 0 Å². The van der Waals surface area contributed by atoms with Crippen LogP contribution in [0.4, 0.5) is 17.1 Å². The zero-order valence-electron chi connectivity index (χ0n) is 16.7. The van der Waals surface area contributed by atoms with E-state index in [0.29, 0.717) is 0 Å². The summed E-state index contributed by atoms with van der Waals surface area (Å²) >= 11 is 6.03. The maximum atomic E-state index is 12.3. The number of nitrogens with one attached hydrogen (secondary N) is 1. The van der Waals surface area contributed by atoms with Crippen LogP contribution in [-0.2, 0) is 9.53 Å². The number of halogens is 2. The summed E-state index contributed by atoms with van der Waals surface area (Å²) in [5, 5.41) is 4.37. The Morgan fingerprint density at radius 2 is 1.83 bits per heavy atom. The first-order chi connectivity index (χ1) is 13.5. The molecule has 0 aromatic heterocycles. The first-order valence-corrected chi connectivity index (χ1v) is 10.2. The molecule has 1 fully saturated rings. The molecule has 2 aromatic carbocycles. The molecule has 2 unspecified atom stereocenters. The van der Waals surface area contributed by atoms with Crippen LogP contribution >= 0.6 is 24.0 Å². The van der Waals surface area contributed by atoms with E-state index in [2.05, 4.69) is 35.3 Å². The van der Waals surface area contributed by atoms with Crippen LogP contribution in [0.15, 0.2) is 42.5 Å². The number of carbonyl (C=O) groups excluding carboxylic acids is 1. The topological polar surface area (TPSA) is 44.8 Å². The van der Waals surface area contributed by atoms with Crippen LogP contribution in [0.5, 0.6) is 0 Å². The number of rotatable bonds is 3. The Balaban J connectivity index is 0.00000240. The summed E-state index contributed by atoms with van der Waals surface area (Å²) in [6, 6.07) is 14.5. The maximum Gasteiger partial charge on any atom is 0.224 e. The van der Waals surface area contributed by atoms with E-state index in [9.17, 15) is 4.79 Å². The third kappa shape index (κ3) is 4.63. The molecule has 1 saturated heterocycles. The summed E-state index contributed by atoms with van der Waals surface area (Å²) in [6.45, 7) is 7.03. The summed E-state index contributed by atoms with van der Waals surface area (Å²) in [7, 11) is 0. The molecule has 0 radical (unpaired) electrons. The zero-order chi connectivity index (χ0) is 19.7. The molecular weight excluding hydrogens is 409 g/mol. The summed E-state index contributed by atoms with van der Waals surface area (Å²) in [6.07, 6.45) is 0.849. The Morgan fingerprint density at radius 3 is 2.48 bits per heavy atom. The molecule has 2 aliphatic rings. The fraction of sp³-hybridized carbons (Fsp3) is 0.409. The second-order valence-corrected chi connectivity index (χ2v) is 7.96. The van der Waals surface area contributed by atoms with E-state index < -0.39 is 0 Å². The molecule has 2 heterocycles. The molecule has 29 heavy (non-hydrogen) atoms. The van der Waals surface area contributed by atoms with Crippen molar-refractivity contribution < 1.29 is 9.53 Å². The normalized spacial score (nSPS) is 21.2. The average Bonchev–Trinajstić information content (AvgIpc) is 2.70. The monoisotopic (exact) mass is 435 g/mol. The largest absolute Gasteiger partial charge is 0.378 e. The van der Waals surface area contributed by atoms with Gasteiger partial charge in [-0.15, -0.1) is 12.4 Å². The Labute approximate surface area is 183 Å². The van der Waals surface area contributed by atoms with Gasteiger partial charge in [-0.05, 0) is 55.8 Å². The van der Waals surface area contributed by atoms with Gasteiger partial charge in [0.05, 0.1) is 19.3 Å². The van der Waals surface area contributed by atoms with Gasteiger partial charge in [0.2, 0.25) is 5.91 Å². The minimum absolute atomic E-state index is 0. The number of hydrogen-bond donors (Lipinski definition) is 1. The minimum Gasteiger partial charge on any atom is -0.378 e. The van der Waals surface area contributed by atoms with Gasteiger partial charge in [-0.25, -0.2) is 0 Å². The van der Waals surface area contributed by atoms with Crippen LogP contribution in [-0.4, -0.2) is 38.3 Å². The van der Waals surface area contributed by atoms with Crippen molar-refractivity contribution in [1.29, 1.82) is 0 Å². The quantitative estimate of drug-likeness (QED) is 0.744. The van der Waals surface area contributed by atoms with E-state index in [1.165, 1.54) is 5.69 Å². The Morgan fingerprint density at radius 1 is 1.14 bits per heavy atom. The van der Waals surface area contributed by atoms with Gasteiger partial charge in [-0.2, -0.15) is 0 Å². The number of fused-ring (bicyclic) bond motifs is 1. The lowest BCUT2D eigenvalue weighted by atomic mass is 9.90. The van der Waals surface area contributed by atoms with Crippen molar-refractivity contribution in [1.82, 2.24) is 0 Å². The molecule has 1 amide bonds. The fourth-order valence-electron chi connectivity index (χ4n) is 4.23. The van der Waals surface area contributed by atoms with Crippen molar-refractivity contribution in [2.45, 2.75) is 32.4 Å². The van der Waals surface area contributed by atoms with Crippen LogP contribution in [0.25, 0.3) is 0 Å². The van der Waals surface area contributed by atoms with Crippen LogP contribution in [0.2, 0.25) is 5.02 Å². The Kier molecular flexibility index (Phi) is 6.93. The molecule has 1 N–H and O–H groups in total. The Bertz CT molecular complexity index is 854. The number of nitrogens with zero attached hydrogens (tertiary/aromatic N) is 2. The van der Waals surface area contributed by atoms with Gasteiger partial charge in [0.25, 0.3) is 0 Å². The minimum atomic E-state index is 0. The highest BCUT2D eigenvalue weighted by Crippen LogP contribution is 2.41. The van der Waals surface area contributed by atoms with Crippen LogP contribution < -0.4 is 15.1 Å². The average molecular weight is 436 g/mol. The number of morpholine rings is 1. The predicted octanol–water partition coefficient (Wildman–Crippen LogP) is 4.90.